The Bertz CT molecular complexity index is 522. The molecule has 0 heterocycles. The molecule has 0 aliphatic carbocycles. The topological polar surface area (TPSA) is 22.3 Å². The van der Waals surface area contributed by atoms with E-state index in [4.69, 9.17) is 0 Å². The molecule has 0 spiro atoms. The van der Waals surface area contributed by atoms with E-state index in [1.165, 1.54) is 10.6 Å². The quantitative estimate of drug-likeness (QED) is 0.310. The fourth-order valence-electron chi connectivity index (χ4n) is 2.02. The SMILES string of the molecule is CC(C)(C)C(=[N-])[PH+](c1ccccc1)c1ccccc1.C[CH-]C.[Ni+2]. The average molecular weight is 371 g/mol. The molecule has 0 saturated heterocycles. The second-order valence-electron chi connectivity index (χ2n) is 6.28. The summed E-state index contributed by atoms with van der Waals surface area (Å²) < 4.78 is 0. The summed E-state index contributed by atoms with van der Waals surface area (Å²) in [5.74, 6) is 0. The van der Waals surface area contributed by atoms with E-state index in [1.54, 1.807) is 0 Å². The van der Waals surface area contributed by atoms with Crippen molar-refractivity contribution in [2.45, 2.75) is 34.6 Å². The van der Waals surface area contributed by atoms with Crippen molar-refractivity contribution in [1.82, 2.24) is 0 Å². The van der Waals surface area contributed by atoms with Gasteiger partial charge in [0, 0.05) is 0 Å². The van der Waals surface area contributed by atoms with Crippen LogP contribution in [0.2, 0.25) is 0 Å². The number of nitrogens with zero attached hydrogens (tertiary/aromatic N) is 1. The Morgan fingerprint density at radius 3 is 1.39 bits per heavy atom. The van der Waals surface area contributed by atoms with E-state index in [-0.39, 0.29) is 21.9 Å². The predicted octanol–water partition coefficient (Wildman–Crippen LogP) is 5.09. The minimum atomic E-state index is -1.26. The van der Waals surface area contributed by atoms with E-state index < -0.39 is 7.92 Å². The zero-order chi connectivity index (χ0) is 16.6. The molecular formula is C20H27NNiP+. The second-order valence-corrected chi connectivity index (χ2v) is 8.66. The Morgan fingerprint density at radius 2 is 1.13 bits per heavy atom. The van der Waals surface area contributed by atoms with E-state index in [2.05, 4.69) is 45.0 Å². The maximum atomic E-state index is 10.7. The molecule has 0 aliphatic rings. The van der Waals surface area contributed by atoms with Gasteiger partial charge in [-0.05, 0) is 35.1 Å². The van der Waals surface area contributed by atoms with E-state index in [0.717, 1.165) is 0 Å². The number of benzene rings is 2. The zero-order valence-electron chi connectivity index (χ0n) is 14.6. The summed E-state index contributed by atoms with van der Waals surface area (Å²) in [5, 5.41) is 13.2. The molecule has 126 valence electrons. The van der Waals surface area contributed by atoms with Gasteiger partial charge in [0.15, 0.2) is 0 Å². The Hall–Kier alpha value is -0.966. The summed E-state index contributed by atoms with van der Waals surface area (Å²) in [7, 11) is -1.26. The summed E-state index contributed by atoms with van der Waals surface area (Å²) in [4.78, 5) is 0. The van der Waals surface area contributed by atoms with Gasteiger partial charge in [0.25, 0.3) is 0 Å². The molecule has 3 heteroatoms. The standard InChI is InChI=1S/C17H19NP.C3H7.Ni/c1-17(2,3)16(18)19(14-10-6-4-7-11-14)15-12-8-5-9-13-15;1-3-2;/h4-13H,1-3H3;3H,1-2H3;/q2*-1;+2/p+1. The van der Waals surface area contributed by atoms with Crippen LogP contribution in [0.4, 0.5) is 0 Å². The monoisotopic (exact) mass is 370 g/mol. The van der Waals surface area contributed by atoms with Crippen LogP contribution in [0.1, 0.15) is 34.6 Å². The van der Waals surface area contributed by atoms with Crippen molar-refractivity contribution in [1.29, 1.82) is 0 Å². The van der Waals surface area contributed by atoms with Crippen LogP contribution in [0, 0.1) is 11.8 Å². The number of hydrogen-bond acceptors (Lipinski definition) is 0. The molecule has 0 amide bonds. The van der Waals surface area contributed by atoms with Crippen molar-refractivity contribution in [3.63, 3.8) is 0 Å². The molecule has 2 rings (SSSR count). The Kier molecular flexibility index (Phi) is 10.3. The average Bonchev–Trinajstić information content (AvgIpc) is 2.49. The molecule has 0 radical (unpaired) electrons. The van der Waals surface area contributed by atoms with E-state index >= 15 is 0 Å². The van der Waals surface area contributed by atoms with Crippen LogP contribution in [0.15, 0.2) is 60.7 Å². The van der Waals surface area contributed by atoms with Crippen molar-refractivity contribution in [3.05, 3.63) is 72.5 Å². The maximum absolute atomic E-state index is 10.7. The summed E-state index contributed by atoms with van der Waals surface area (Å²) in [6.07, 6.45) is 2.00. The van der Waals surface area contributed by atoms with Gasteiger partial charge in [0.05, 0.1) is 18.5 Å². The van der Waals surface area contributed by atoms with Crippen molar-refractivity contribution in [2.75, 3.05) is 0 Å². The van der Waals surface area contributed by atoms with Crippen molar-refractivity contribution in [3.8, 4) is 0 Å². The van der Waals surface area contributed by atoms with Crippen LogP contribution in [0.3, 0.4) is 0 Å². The molecule has 23 heavy (non-hydrogen) atoms. The van der Waals surface area contributed by atoms with Gasteiger partial charge >= 0.3 is 16.5 Å². The predicted molar refractivity (Wildman–Crippen MR) is 104 cm³/mol. The molecule has 0 aliphatic heterocycles. The fourth-order valence-corrected chi connectivity index (χ4v) is 4.71. The molecule has 0 unspecified atom stereocenters. The molecule has 0 N–H and O–H groups in total. The van der Waals surface area contributed by atoms with Crippen molar-refractivity contribution < 1.29 is 16.5 Å². The third-order valence-electron chi connectivity index (χ3n) is 3.07. The Morgan fingerprint density at radius 1 is 0.826 bits per heavy atom. The first-order valence-corrected chi connectivity index (χ1v) is 9.20. The van der Waals surface area contributed by atoms with Crippen LogP contribution in [-0.2, 0) is 16.5 Å². The van der Waals surface area contributed by atoms with Crippen LogP contribution < -0.4 is 10.6 Å². The largest absolute Gasteiger partial charge is 2.00 e. The summed E-state index contributed by atoms with van der Waals surface area (Å²) in [6, 6.07) is 20.7. The van der Waals surface area contributed by atoms with Gasteiger partial charge in [-0.2, -0.15) is 13.8 Å². The third-order valence-corrected chi connectivity index (χ3v) is 6.12. The molecule has 0 atom stereocenters. The van der Waals surface area contributed by atoms with Crippen molar-refractivity contribution >= 4 is 24.0 Å². The molecule has 0 aromatic heterocycles. The van der Waals surface area contributed by atoms with Gasteiger partial charge in [-0.15, -0.1) is 0 Å². The molecule has 1 nitrogen and oxygen atoms in total. The van der Waals surface area contributed by atoms with Gasteiger partial charge in [-0.3, -0.25) is 0 Å². The van der Waals surface area contributed by atoms with Gasteiger partial charge in [-0.25, -0.2) is 0 Å². The summed E-state index contributed by atoms with van der Waals surface area (Å²) in [5.41, 5.74) is 0.412. The number of hydrogen-bond donors (Lipinski definition) is 0. The van der Waals surface area contributed by atoms with Crippen LogP contribution in [-0.4, -0.2) is 5.45 Å². The normalized spacial score (nSPS) is 10.3. The zero-order valence-corrected chi connectivity index (χ0v) is 16.6. The smallest absolute Gasteiger partial charge is 0.774 e. The van der Waals surface area contributed by atoms with E-state index in [0.29, 0.717) is 5.45 Å². The van der Waals surface area contributed by atoms with E-state index in [9.17, 15) is 5.41 Å². The first kappa shape index (κ1) is 22.0. The molecule has 0 saturated carbocycles. The molecule has 0 fully saturated rings. The summed E-state index contributed by atoms with van der Waals surface area (Å²) in [6.45, 7) is 10.2. The minimum Gasteiger partial charge on any atom is -0.774 e. The molecule has 0 bridgehead atoms. The van der Waals surface area contributed by atoms with Gasteiger partial charge < -0.3 is 11.8 Å². The van der Waals surface area contributed by atoms with Crippen LogP contribution in [0.25, 0.3) is 5.41 Å². The van der Waals surface area contributed by atoms with Crippen molar-refractivity contribution in [2.24, 2.45) is 5.41 Å². The summed E-state index contributed by atoms with van der Waals surface area (Å²) >= 11 is 0. The minimum absolute atomic E-state index is 0. The van der Waals surface area contributed by atoms with Gasteiger partial charge in [0.1, 0.15) is 0 Å². The van der Waals surface area contributed by atoms with Crippen LogP contribution in [0.5, 0.6) is 0 Å². The maximum Gasteiger partial charge on any atom is 2.00 e. The van der Waals surface area contributed by atoms with Gasteiger partial charge in [-0.1, -0.05) is 57.2 Å². The molecular weight excluding hydrogens is 344 g/mol. The fraction of sp³-hybridized carbons (Fsp3) is 0.300. The van der Waals surface area contributed by atoms with E-state index in [1.807, 2.05) is 56.7 Å². The van der Waals surface area contributed by atoms with Crippen LogP contribution >= 0.6 is 7.92 Å². The number of rotatable bonds is 3. The first-order chi connectivity index (χ1) is 10.4. The third kappa shape index (κ3) is 6.98. The molecule has 2 aromatic carbocycles. The Labute approximate surface area is 153 Å². The Balaban J connectivity index is 0.00000112. The van der Waals surface area contributed by atoms with Gasteiger partial charge in [0.2, 0.25) is 0 Å². The first-order valence-electron chi connectivity index (χ1n) is 7.70. The molecule has 2 aromatic rings. The second kappa shape index (κ2) is 10.7.